The van der Waals surface area contributed by atoms with E-state index >= 15 is 0 Å². The molecule has 0 unspecified atom stereocenters. The van der Waals surface area contributed by atoms with E-state index in [0.29, 0.717) is 5.02 Å². The summed E-state index contributed by atoms with van der Waals surface area (Å²) in [6, 6.07) is 13.1. The largest absolute Gasteiger partial charge is 0.331 e. The van der Waals surface area contributed by atoms with Gasteiger partial charge in [0, 0.05) is 5.02 Å². The van der Waals surface area contributed by atoms with Gasteiger partial charge in [0.05, 0.1) is 16.7 Å². The summed E-state index contributed by atoms with van der Waals surface area (Å²) >= 11 is 5.96. The van der Waals surface area contributed by atoms with Crippen molar-refractivity contribution >= 4 is 22.6 Å². The van der Waals surface area contributed by atoms with Crippen LogP contribution >= 0.6 is 11.6 Å². The smallest absolute Gasteiger partial charge is 0.305 e. The minimum atomic E-state index is -0.155. The number of aromatic nitrogens is 2. The molecule has 3 rings (SSSR count). The van der Waals surface area contributed by atoms with Gasteiger partial charge in [-0.15, -0.1) is 0 Å². The third-order valence-corrected chi connectivity index (χ3v) is 3.14. The summed E-state index contributed by atoms with van der Waals surface area (Å²) in [7, 11) is 0. The Bertz CT molecular complexity index is 786. The molecule has 1 N–H and O–H groups in total. The highest BCUT2D eigenvalue weighted by Crippen LogP contribution is 2.19. The van der Waals surface area contributed by atoms with E-state index < -0.39 is 0 Å². The highest BCUT2D eigenvalue weighted by Gasteiger charge is 2.08. The first-order valence-corrected chi connectivity index (χ1v) is 6.00. The molecule has 0 atom stereocenters. The summed E-state index contributed by atoms with van der Waals surface area (Å²) in [4.78, 5) is 14.9. The minimum Gasteiger partial charge on any atom is -0.305 e. The molecular formula is C14H11ClN2O. The number of hydrogen-bond donors (Lipinski definition) is 1. The highest BCUT2D eigenvalue weighted by atomic mass is 35.5. The normalized spacial score (nSPS) is 11.0. The molecule has 3 nitrogen and oxygen atoms in total. The van der Waals surface area contributed by atoms with Crippen LogP contribution in [0.4, 0.5) is 0 Å². The third kappa shape index (κ3) is 1.73. The van der Waals surface area contributed by atoms with Crippen molar-refractivity contribution in [1.29, 1.82) is 0 Å². The van der Waals surface area contributed by atoms with Crippen molar-refractivity contribution in [3.63, 3.8) is 0 Å². The Labute approximate surface area is 109 Å². The van der Waals surface area contributed by atoms with Gasteiger partial charge in [-0.3, -0.25) is 4.57 Å². The Balaban J connectivity index is 2.35. The van der Waals surface area contributed by atoms with Gasteiger partial charge in [-0.05, 0) is 42.8 Å². The molecular weight excluding hydrogens is 248 g/mol. The predicted octanol–water partition coefficient (Wildman–Crippen LogP) is 3.28. The summed E-state index contributed by atoms with van der Waals surface area (Å²) in [6.07, 6.45) is 0. The van der Waals surface area contributed by atoms with E-state index in [1.807, 2.05) is 37.3 Å². The number of halogens is 1. The van der Waals surface area contributed by atoms with Gasteiger partial charge in [0.15, 0.2) is 0 Å². The number of H-pyrrole nitrogens is 1. The fourth-order valence-electron chi connectivity index (χ4n) is 2.10. The monoisotopic (exact) mass is 258 g/mol. The number of hydrogen-bond acceptors (Lipinski definition) is 1. The van der Waals surface area contributed by atoms with E-state index in [1.165, 1.54) is 0 Å². The van der Waals surface area contributed by atoms with E-state index in [0.717, 1.165) is 22.3 Å². The Kier molecular flexibility index (Phi) is 2.49. The molecule has 1 heterocycles. The maximum absolute atomic E-state index is 12.0. The molecule has 0 amide bonds. The average molecular weight is 259 g/mol. The molecule has 2 aromatic carbocycles. The van der Waals surface area contributed by atoms with Gasteiger partial charge >= 0.3 is 5.69 Å². The number of benzene rings is 2. The zero-order chi connectivity index (χ0) is 12.7. The molecule has 0 fully saturated rings. The van der Waals surface area contributed by atoms with E-state index in [2.05, 4.69) is 4.98 Å². The Morgan fingerprint density at radius 1 is 1.17 bits per heavy atom. The number of rotatable bonds is 1. The molecule has 0 aliphatic carbocycles. The molecule has 4 heteroatoms. The number of nitrogens with one attached hydrogen (secondary N) is 1. The summed E-state index contributed by atoms with van der Waals surface area (Å²) < 4.78 is 1.63. The van der Waals surface area contributed by atoms with Crippen molar-refractivity contribution in [3.8, 4) is 5.69 Å². The third-order valence-electron chi connectivity index (χ3n) is 2.90. The van der Waals surface area contributed by atoms with Crippen LogP contribution in [0, 0.1) is 6.92 Å². The lowest BCUT2D eigenvalue weighted by Gasteiger charge is -2.03. The fourth-order valence-corrected chi connectivity index (χ4v) is 2.28. The van der Waals surface area contributed by atoms with Crippen LogP contribution in [0.2, 0.25) is 5.02 Å². The molecule has 0 bridgehead atoms. The lowest BCUT2D eigenvalue weighted by atomic mass is 10.2. The van der Waals surface area contributed by atoms with Gasteiger partial charge in [-0.25, -0.2) is 4.79 Å². The summed E-state index contributed by atoms with van der Waals surface area (Å²) in [5.41, 5.74) is 3.41. The van der Waals surface area contributed by atoms with Gasteiger partial charge in [-0.2, -0.15) is 0 Å². The van der Waals surface area contributed by atoms with Gasteiger partial charge in [0.1, 0.15) is 0 Å². The van der Waals surface area contributed by atoms with Crippen molar-refractivity contribution in [3.05, 3.63) is 63.5 Å². The Morgan fingerprint density at radius 2 is 2.00 bits per heavy atom. The van der Waals surface area contributed by atoms with Gasteiger partial charge < -0.3 is 4.98 Å². The second-order valence-electron chi connectivity index (χ2n) is 4.27. The molecule has 0 saturated heterocycles. The van der Waals surface area contributed by atoms with E-state index in [4.69, 9.17) is 11.6 Å². The van der Waals surface area contributed by atoms with Crippen LogP contribution in [-0.2, 0) is 0 Å². The average Bonchev–Trinajstić information content (AvgIpc) is 2.64. The first-order chi connectivity index (χ1) is 8.65. The molecule has 0 spiro atoms. The van der Waals surface area contributed by atoms with Crippen molar-refractivity contribution in [1.82, 2.24) is 9.55 Å². The van der Waals surface area contributed by atoms with Crippen LogP contribution in [-0.4, -0.2) is 9.55 Å². The van der Waals surface area contributed by atoms with E-state index in [1.54, 1.807) is 16.7 Å². The molecule has 0 radical (unpaired) electrons. The van der Waals surface area contributed by atoms with Crippen molar-refractivity contribution in [2.24, 2.45) is 0 Å². The molecule has 0 aliphatic rings. The number of aryl methyl sites for hydroxylation is 1. The summed E-state index contributed by atoms with van der Waals surface area (Å²) in [5.74, 6) is 0. The van der Waals surface area contributed by atoms with Crippen LogP contribution < -0.4 is 5.69 Å². The maximum Gasteiger partial charge on any atom is 0.331 e. The van der Waals surface area contributed by atoms with Crippen LogP contribution in [0.3, 0.4) is 0 Å². The van der Waals surface area contributed by atoms with Crippen molar-refractivity contribution in [2.45, 2.75) is 6.92 Å². The Morgan fingerprint density at radius 3 is 2.78 bits per heavy atom. The van der Waals surface area contributed by atoms with E-state index in [9.17, 15) is 4.79 Å². The van der Waals surface area contributed by atoms with E-state index in [-0.39, 0.29) is 5.69 Å². The highest BCUT2D eigenvalue weighted by molar-refractivity contribution is 6.30. The first-order valence-electron chi connectivity index (χ1n) is 5.62. The van der Waals surface area contributed by atoms with Crippen molar-refractivity contribution in [2.75, 3.05) is 0 Å². The molecule has 18 heavy (non-hydrogen) atoms. The lowest BCUT2D eigenvalue weighted by Crippen LogP contribution is -2.14. The SMILES string of the molecule is Cc1ccc2c(c1)[nH]c(=O)n2-c1cccc(Cl)c1. The molecule has 90 valence electrons. The molecule has 0 saturated carbocycles. The molecule has 1 aromatic heterocycles. The Hall–Kier alpha value is -2.00. The van der Waals surface area contributed by atoms with Crippen LogP contribution in [0.25, 0.3) is 16.7 Å². The standard InChI is InChI=1S/C14H11ClN2O/c1-9-5-6-13-12(7-9)16-14(18)17(13)11-4-2-3-10(15)8-11/h2-8H,1H3,(H,16,18). The van der Waals surface area contributed by atoms with Crippen molar-refractivity contribution < 1.29 is 0 Å². The zero-order valence-corrected chi connectivity index (χ0v) is 10.5. The maximum atomic E-state index is 12.0. The fraction of sp³-hybridized carbons (Fsp3) is 0.0714. The number of aromatic amines is 1. The van der Waals surface area contributed by atoms with Crippen LogP contribution in [0.5, 0.6) is 0 Å². The second-order valence-corrected chi connectivity index (χ2v) is 4.70. The first kappa shape index (κ1) is 11.1. The number of fused-ring (bicyclic) bond motifs is 1. The minimum absolute atomic E-state index is 0.155. The number of nitrogens with zero attached hydrogens (tertiary/aromatic N) is 1. The summed E-state index contributed by atoms with van der Waals surface area (Å²) in [5, 5.41) is 0.612. The molecule has 0 aliphatic heterocycles. The van der Waals surface area contributed by atoms with Gasteiger partial charge in [0.25, 0.3) is 0 Å². The van der Waals surface area contributed by atoms with Gasteiger partial charge in [-0.1, -0.05) is 23.7 Å². The molecule has 3 aromatic rings. The summed E-state index contributed by atoms with van der Waals surface area (Å²) in [6.45, 7) is 1.99. The van der Waals surface area contributed by atoms with Crippen LogP contribution in [0.15, 0.2) is 47.3 Å². The second kappa shape index (κ2) is 4.03. The topological polar surface area (TPSA) is 37.8 Å². The van der Waals surface area contributed by atoms with Gasteiger partial charge in [0.2, 0.25) is 0 Å². The lowest BCUT2D eigenvalue weighted by molar-refractivity contribution is 1.02. The quantitative estimate of drug-likeness (QED) is 0.715. The van der Waals surface area contributed by atoms with Crippen LogP contribution in [0.1, 0.15) is 5.56 Å². The number of imidazole rings is 1. The predicted molar refractivity (Wildman–Crippen MR) is 73.6 cm³/mol. The zero-order valence-electron chi connectivity index (χ0n) is 9.77.